The molecule has 0 saturated carbocycles. The standard InChI is InChI=1S/C9H12O2.C9H10O2/c2*1-6-3-7(2)5-8(4-6)9(10)11/h4-5,8H,3H2,1-2H3,(H,10,11);3-5H,1-2H3,(H,10,11). The SMILES string of the molecule is CC1=CC(C(=O)O)C=C(C)C1.Cc1cc(C)cc(C(=O)O)c1. The van der Waals surface area contributed by atoms with Crippen LogP contribution in [0.2, 0.25) is 0 Å². The topological polar surface area (TPSA) is 74.6 Å². The number of rotatable bonds is 2. The molecule has 0 radical (unpaired) electrons. The highest BCUT2D eigenvalue weighted by Gasteiger charge is 2.15. The number of carbonyl (C=O) groups is 2. The Labute approximate surface area is 130 Å². The van der Waals surface area contributed by atoms with Crippen LogP contribution in [0.4, 0.5) is 0 Å². The summed E-state index contributed by atoms with van der Waals surface area (Å²) in [4.78, 5) is 21.1. The van der Waals surface area contributed by atoms with E-state index >= 15 is 0 Å². The smallest absolute Gasteiger partial charge is 0.335 e. The van der Waals surface area contributed by atoms with Crippen molar-refractivity contribution in [3.05, 3.63) is 58.2 Å². The largest absolute Gasteiger partial charge is 0.481 e. The van der Waals surface area contributed by atoms with Crippen LogP contribution < -0.4 is 0 Å². The predicted octanol–water partition coefficient (Wildman–Crippen LogP) is 3.99. The van der Waals surface area contributed by atoms with Gasteiger partial charge in [-0.3, -0.25) is 4.79 Å². The van der Waals surface area contributed by atoms with E-state index in [9.17, 15) is 9.59 Å². The third kappa shape index (κ3) is 5.56. The summed E-state index contributed by atoms with van der Waals surface area (Å²) in [6.45, 7) is 7.71. The molecule has 0 bridgehead atoms. The first-order valence-electron chi connectivity index (χ1n) is 7.08. The molecule has 22 heavy (non-hydrogen) atoms. The van der Waals surface area contributed by atoms with Crippen molar-refractivity contribution in [1.82, 2.24) is 0 Å². The maximum absolute atomic E-state index is 10.6. The monoisotopic (exact) mass is 302 g/mol. The first kappa shape index (κ1) is 17.7. The van der Waals surface area contributed by atoms with Gasteiger partial charge in [-0.1, -0.05) is 40.5 Å². The average molecular weight is 302 g/mol. The van der Waals surface area contributed by atoms with Crippen LogP contribution in [0.25, 0.3) is 0 Å². The molecular formula is C18H22O4. The number of benzene rings is 1. The Balaban J connectivity index is 0.000000220. The van der Waals surface area contributed by atoms with Crippen molar-refractivity contribution in [2.45, 2.75) is 34.1 Å². The fourth-order valence-corrected chi connectivity index (χ4v) is 2.46. The molecule has 1 aliphatic rings. The van der Waals surface area contributed by atoms with E-state index < -0.39 is 17.9 Å². The Bertz CT molecular complexity index is 600. The lowest BCUT2D eigenvalue weighted by Crippen LogP contribution is -2.11. The second-order valence-electron chi connectivity index (χ2n) is 5.75. The molecule has 0 fully saturated rings. The van der Waals surface area contributed by atoms with E-state index in [-0.39, 0.29) is 0 Å². The third-order valence-electron chi connectivity index (χ3n) is 3.24. The molecule has 0 atom stereocenters. The van der Waals surface area contributed by atoms with E-state index in [4.69, 9.17) is 10.2 Å². The minimum Gasteiger partial charge on any atom is -0.481 e. The molecule has 4 heteroatoms. The first-order chi connectivity index (χ1) is 10.2. The van der Waals surface area contributed by atoms with Gasteiger partial charge in [0.25, 0.3) is 0 Å². The molecule has 0 heterocycles. The van der Waals surface area contributed by atoms with Crippen LogP contribution >= 0.6 is 0 Å². The molecule has 0 spiro atoms. The summed E-state index contributed by atoms with van der Waals surface area (Å²) in [6, 6.07) is 5.27. The quantitative estimate of drug-likeness (QED) is 0.810. The molecule has 0 aromatic heterocycles. The van der Waals surface area contributed by atoms with E-state index in [0.29, 0.717) is 5.56 Å². The summed E-state index contributed by atoms with van der Waals surface area (Å²) < 4.78 is 0. The molecule has 2 rings (SSSR count). The Morgan fingerprint density at radius 3 is 1.73 bits per heavy atom. The van der Waals surface area contributed by atoms with Crippen LogP contribution in [-0.4, -0.2) is 22.2 Å². The zero-order valence-corrected chi connectivity index (χ0v) is 13.4. The highest BCUT2D eigenvalue weighted by atomic mass is 16.4. The maximum atomic E-state index is 10.6. The Morgan fingerprint density at radius 2 is 1.36 bits per heavy atom. The summed E-state index contributed by atoms with van der Waals surface area (Å²) in [5, 5.41) is 17.3. The van der Waals surface area contributed by atoms with Crippen LogP contribution in [0.5, 0.6) is 0 Å². The molecule has 0 aliphatic heterocycles. The van der Waals surface area contributed by atoms with Gasteiger partial charge in [0.2, 0.25) is 0 Å². The van der Waals surface area contributed by atoms with Gasteiger partial charge in [-0.2, -0.15) is 0 Å². The van der Waals surface area contributed by atoms with Crippen molar-refractivity contribution >= 4 is 11.9 Å². The number of carboxylic acid groups (broad SMARTS) is 2. The lowest BCUT2D eigenvalue weighted by molar-refractivity contribution is -0.138. The van der Waals surface area contributed by atoms with Gasteiger partial charge >= 0.3 is 11.9 Å². The van der Waals surface area contributed by atoms with Crippen LogP contribution in [0.1, 0.15) is 41.8 Å². The number of hydrogen-bond acceptors (Lipinski definition) is 2. The molecular weight excluding hydrogens is 280 g/mol. The van der Waals surface area contributed by atoms with Crippen LogP contribution in [0.15, 0.2) is 41.5 Å². The zero-order valence-electron chi connectivity index (χ0n) is 13.4. The number of aryl methyl sites for hydroxylation is 2. The highest BCUT2D eigenvalue weighted by Crippen LogP contribution is 2.21. The van der Waals surface area contributed by atoms with Crippen molar-refractivity contribution in [1.29, 1.82) is 0 Å². The Kier molecular flexibility index (Phi) is 6.11. The summed E-state index contributed by atoms with van der Waals surface area (Å²) in [7, 11) is 0. The summed E-state index contributed by atoms with van der Waals surface area (Å²) >= 11 is 0. The number of carboxylic acids is 2. The minimum absolute atomic E-state index is 0.363. The summed E-state index contributed by atoms with van der Waals surface area (Å²) in [5.74, 6) is -2.02. The number of allylic oxidation sites excluding steroid dienone is 2. The van der Waals surface area contributed by atoms with Crippen molar-refractivity contribution in [3.8, 4) is 0 Å². The average Bonchev–Trinajstić information content (AvgIpc) is 2.37. The Hall–Kier alpha value is -2.36. The highest BCUT2D eigenvalue weighted by molar-refractivity contribution is 5.88. The zero-order chi connectivity index (χ0) is 16.9. The van der Waals surface area contributed by atoms with E-state index in [1.807, 2.05) is 33.8 Å². The van der Waals surface area contributed by atoms with Crippen LogP contribution in [0, 0.1) is 19.8 Å². The van der Waals surface area contributed by atoms with Crippen molar-refractivity contribution in [2.75, 3.05) is 0 Å². The van der Waals surface area contributed by atoms with E-state index in [1.165, 1.54) is 0 Å². The van der Waals surface area contributed by atoms with Crippen molar-refractivity contribution in [3.63, 3.8) is 0 Å². The number of hydrogen-bond donors (Lipinski definition) is 2. The number of aromatic carboxylic acids is 1. The van der Waals surface area contributed by atoms with Gasteiger partial charge in [-0.25, -0.2) is 4.79 Å². The van der Waals surface area contributed by atoms with Gasteiger partial charge < -0.3 is 10.2 Å². The summed E-state index contributed by atoms with van der Waals surface area (Å²) in [5.41, 5.74) is 4.64. The van der Waals surface area contributed by atoms with Crippen LogP contribution in [0.3, 0.4) is 0 Å². The molecule has 0 amide bonds. The lowest BCUT2D eigenvalue weighted by Gasteiger charge is -2.13. The molecule has 0 saturated heterocycles. The second kappa shape index (κ2) is 7.59. The molecule has 2 N–H and O–H groups in total. The third-order valence-corrected chi connectivity index (χ3v) is 3.24. The molecule has 1 aromatic rings. The molecule has 1 aliphatic carbocycles. The van der Waals surface area contributed by atoms with Gasteiger partial charge in [0.05, 0.1) is 11.5 Å². The second-order valence-corrected chi connectivity index (χ2v) is 5.75. The van der Waals surface area contributed by atoms with Crippen LogP contribution in [-0.2, 0) is 4.79 Å². The van der Waals surface area contributed by atoms with Gasteiger partial charge in [0.15, 0.2) is 0 Å². The van der Waals surface area contributed by atoms with Gasteiger partial charge in [-0.05, 0) is 46.2 Å². The van der Waals surface area contributed by atoms with E-state index in [1.54, 1.807) is 24.3 Å². The van der Waals surface area contributed by atoms with E-state index in [2.05, 4.69) is 0 Å². The maximum Gasteiger partial charge on any atom is 0.335 e. The molecule has 0 unspecified atom stereocenters. The lowest BCUT2D eigenvalue weighted by atomic mass is 9.93. The predicted molar refractivity (Wildman–Crippen MR) is 86.1 cm³/mol. The normalized spacial score (nSPS) is 14.4. The van der Waals surface area contributed by atoms with Crippen molar-refractivity contribution in [2.24, 2.45) is 5.92 Å². The van der Waals surface area contributed by atoms with E-state index in [0.717, 1.165) is 28.7 Å². The fraction of sp³-hybridized carbons (Fsp3) is 0.333. The van der Waals surface area contributed by atoms with Crippen molar-refractivity contribution < 1.29 is 19.8 Å². The number of aliphatic carboxylic acids is 1. The first-order valence-corrected chi connectivity index (χ1v) is 7.08. The molecule has 118 valence electrons. The molecule has 4 nitrogen and oxygen atoms in total. The van der Waals surface area contributed by atoms with Gasteiger partial charge in [0.1, 0.15) is 0 Å². The Morgan fingerprint density at radius 1 is 0.909 bits per heavy atom. The van der Waals surface area contributed by atoms with Gasteiger partial charge in [-0.15, -0.1) is 0 Å². The fourth-order valence-electron chi connectivity index (χ4n) is 2.46. The van der Waals surface area contributed by atoms with Gasteiger partial charge in [0, 0.05) is 0 Å². The minimum atomic E-state index is -0.864. The summed E-state index contributed by atoms with van der Waals surface area (Å²) in [6.07, 6.45) is 4.52. The molecule has 1 aromatic carbocycles.